The van der Waals surface area contributed by atoms with Crippen LogP contribution in [0.5, 0.6) is 5.75 Å². The number of benzene rings is 1. The number of carbonyl (C=O) groups excluding carboxylic acids is 1. The molecular formula is C20H31ClN2O2. The quantitative estimate of drug-likeness (QED) is 0.739. The fourth-order valence-electron chi connectivity index (χ4n) is 3.22. The van der Waals surface area contributed by atoms with Crippen molar-refractivity contribution in [3.8, 4) is 5.75 Å². The number of ether oxygens (including phenoxy) is 1. The maximum Gasteiger partial charge on any atom is 0.220 e. The monoisotopic (exact) mass is 366 g/mol. The standard InChI is InChI=1S/C20H30N2O2.ClH/c1-15-2-6-18(19(12-15)24-14-17-3-4-17)13-22-20(23)7-5-16-8-10-21-11-9-16;/h2,6,12,16-17,21H,3-5,7-11,13-14H2,1H3,(H,22,23);1H. The Kier molecular flexibility index (Phi) is 8.04. The van der Waals surface area contributed by atoms with Gasteiger partial charge in [-0.25, -0.2) is 0 Å². The van der Waals surface area contributed by atoms with Crippen molar-refractivity contribution in [1.29, 1.82) is 0 Å². The van der Waals surface area contributed by atoms with Crippen LogP contribution in [0, 0.1) is 18.8 Å². The molecular weight excluding hydrogens is 336 g/mol. The predicted molar refractivity (Wildman–Crippen MR) is 103 cm³/mol. The van der Waals surface area contributed by atoms with E-state index in [-0.39, 0.29) is 18.3 Å². The first-order valence-corrected chi connectivity index (χ1v) is 9.40. The number of amides is 1. The molecule has 0 spiro atoms. The Morgan fingerprint density at radius 2 is 1.96 bits per heavy atom. The average molecular weight is 367 g/mol. The molecule has 1 saturated heterocycles. The fourth-order valence-corrected chi connectivity index (χ4v) is 3.22. The second kappa shape index (κ2) is 10.0. The number of halogens is 1. The normalized spacial score (nSPS) is 17.6. The van der Waals surface area contributed by atoms with Gasteiger partial charge in [-0.2, -0.15) is 0 Å². The van der Waals surface area contributed by atoms with Gasteiger partial charge in [0.2, 0.25) is 5.91 Å². The van der Waals surface area contributed by atoms with E-state index in [1.165, 1.54) is 31.2 Å². The molecule has 4 nitrogen and oxygen atoms in total. The highest BCUT2D eigenvalue weighted by atomic mass is 35.5. The lowest BCUT2D eigenvalue weighted by Gasteiger charge is -2.22. The summed E-state index contributed by atoms with van der Waals surface area (Å²) in [5.74, 6) is 2.52. The summed E-state index contributed by atoms with van der Waals surface area (Å²) < 4.78 is 5.97. The van der Waals surface area contributed by atoms with E-state index in [1.807, 2.05) is 0 Å². The highest BCUT2D eigenvalue weighted by Gasteiger charge is 2.22. The van der Waals surface area contributed by atoms with Crippen molar-refractivity contribution in [3.05, 3.63) is 29.3 Å². The van der Waals surface area contributed by atoms with Crippen molar-refractivity contribution in [2.45, 2.75) is 52.0 Å². The highest BCUT2D eigenvalue weighted by Crippen LogP contribution is 2.30. The van der Waals surface area contributed by atoms with Crippen LogP contribution in [0.2, 0.25) is 0 Å². The zero-order chi connectivity index (χ0) is 16.8. The van der Waals surface area contributed by atoms with Gasteiger partial charge in [-0.1, -0.05) is 12.1 Å². The first kappa shape index (κ1) is 20.1. The molecule has 140 valence electrons. The first-order chi connectivity index (χ1) is 11.7. The van der Waals surface area contributed by atoms with E-state index >= 15 is 0 Å². The van der Waals surface area contributed by atoms with Crippen molar-refractivity contribution in [2.75, 3.05) is 19.7 Å². The van der Waals surface area contributed by atoms with Crippen LogP contribution >= 0.6 is 12.4 Å². The minimum absolute atomic E-state index is 0. The molecule has 1 aliphatic carbocycles. The van der Waals surface area contributed by atoms with Crippen LogP contribution in [0.15, 0.2) is 18.2 Å². The van der Waals surface area contributed by atoms with Crippen molar-refractivity contribution >= 4 is 18.3 Å². The van der Waals surface area contributed by atoms with Crippen LogP contribution < -0.4 is 15.4 Å². The molecule has 1 aliphatic heterocycles. The van der Waals surface area contributed by atoms with Crippen molar-refractivity contribution < 1.29 is 9.53 Å². The number of aryl methyl sites for hydroxylation is 1. The summed E-state index contributed by atoms with van der Waals surface area (Å²) in [5.41, 5.74) is 2.28. The summed E-state index contributed by atoms with van der Waals surface area (Å²) in [6.07, 6.45) is 6.61. The van der Waals surface area contributed by atoms with Gasteiger partial charge in [0.15, 0.2) is 0 Å². The third-order valence-electron chi connectivity index (χ3n) is 5.11. The molecule has 0 atom stereocenters. The third kappa shape index (κ3) is 6.87. The summed E-state index contributed by atoms with van der Waals surface area (Å²) in [6, 6.07) is 6.24. The highest BCUT2D eigenvalue weighted by molar-refractivity contribution is 5.85. The Morgan fingerprint density at radius 3 is 2.68 bits per heavy atom. The van der Waals surface area contributed by atoms with Crippen molar-refractivity contribution in [2.24, 2.45) is 11.8 Å². The van der Waals surface area contributed by atoms with Crippen molar-refractivity contribution in [1.82, 2.24) is 10.6 Å². The number of carbonyl (C=O) groups is 1. The molecule has 1 aromatic carbocycles. The molecule has 25 heavy (non-hydrogen) atoms. The van der Waals surface area contributed by atoms with E-state index in [0.717, 1.165) is 43.3 Å². The lowest BCUT2D eigenvalue weighted by molar-refractivity contribution is -0.121. The Labute approximate surface area is 157 Å². The lowest BCUT2D eigenvalue weighted by Crippen LogP contribution is -2.29. The molecule has 1 amide bonds. The molecule has 2 aliphatic rings. The smallest absolute Gasteiger partial charge is 0.220 e. The molecule has 0 aromatic heterocycles. The molecule has 1 aromatic rings. The van der Waals surface area contributed by atoms with Gasteiger partial charge < -0.3 is 15.4 Å². The van der Waals surface area contributed by atoms with Gasteiger partial charge in [-0.05, 0) is 75.6 Å². The second-order valence-corrected chi connectivity index (χ2v) is 7.37. The van der Waals surface area contributed by atoms with E-state index in [0.29, 0.717) is 18.9 Å². The van der Waals surface area contributed by atoms with Gasteiger partial charge in [-0.15, -0.1) is 12.4 Å². The van der Waals surface area contributed by atoms with Crippen LogP contribution in [-0.4, -0.2) is 25.6 Å². The van der Waals surface area contributed by atoms with Crippen LogP contribution in [0.3, 0.4) is 0 Å². The molecule has 5 heteroatoms. The Balaban J connectivity index is 0.00000225. The average Bonchev–Trinajstić information content (AvgIpc) is 3.42. The van der Waals surface area contributed by atoms with Crippen molar-refractivity contribution in [3.63, 3.8) is 0 Å². The van der Waals surface area contributed by atoms with E-state index < -0.39 is 0 Å². The van der Waals surface area contributed by atoms with E-state index in [4.69, 9.17) is 4.74 Å². The molecule has 0 bridgehead atoms. The summed E-state index contributed by atoms with van der Waals surface area (Å²) in [6.45, 7) is 5.63. The molecule has 2 N–H and O–H groups in total. The Hall–Kier alpha value is -1.26. The number of hydrogen-bond donors (Lipinski definition) is 2. The number of piperidine rings is 1. The molecule has 1 saturated carbocycles. The summed E-state index contributed by atoms with van der Waals surface area (Å²) in [4.78, 5) is 12.1. The van der Waals surface area contributed by atoms with E-state index in [1.54, 1.807) is 0 Å². The first-order valence-electron chi connectivity index (χ1n) is 9.40. The zero-order valence-corrected chi connectivity index (χ0v) is 16.0. The van der Waals surface area contributed by atoms with Crippen LogP contribution in [0.1, 0.15) is 49.7 Å². The molecule has 0 unspecified atom stereocenters. The van der Waals surface area contributed by atoms with Gasteiger partial charge in [-0.3, -0.25) is 4.79 Å². The van der Waals surface area contributed by atoms with Gasteiger partial charge in [0.05, 0.1) is 6.61 Å². The van der Waals surface area contributed by atoms with Crippen LogP contribution in [0.25, 0.3) is 0 Å². The summed E-state index contributed by atoms with van der Waals surface area (Å²) >= 11 is 0. The second-order valence-electron chi connectivity index (χ2n) is 7.37. The number of nitrogens with one attached hydrogen (secondary N) is 2. The summed E-state index contributed by atoms with van der Waals surface area (Å²) in [5, 5.41) is 6.44. The summed E-state index contributed by atoms with van der Waals surface area (Å²) in [7, 11) is 0. The molecule has 0 radical (unpaired) electrons. The number of rotatable bonds is 8. The third-order valence-corrected chi connectivity index (χ3v) is 5.11. The fraction of sp³-hybridized carbons (Fsp3) is 0.650. The number of hydrogen-bond acceptors (Lipinski definition) is 3. The van der Waals surface area contributed by atoms with E-state index in [9.17, 15) is 4.79 Å². The van der Waals surface area contributed by atoms with Crippen LogP contribution in [0.4, 0.5) is 0 Å². The maximum absolute atomic E-state index is 12.1. The van der Waals surface area contributed by atoms with Crippen LogP contribution in [-0.2, 0) is 11.3 Å². The minimum Gasteiger partial charge on any atom is -0.493 e. The molecule has 2 fully saturated rings. The van der Waals surface area contributed by atoms with Gasteiger partial charge in [0, 0.05) is 18.5 Å². The molecule has 3 rings (SSSR count). The van der Waals surface area contributed by atoms with Gasteiger partial charge >= 0.3 is 0 Å². The molecule has 1 heterocycles. The largest absolute Gasteiger partial charge is 0.493 e. The topological polar surface area (TPSA) is 50.4 Å². The zero-order valence-electron chi connectivity index (χ0n) is 15.2. The maximum atomic E-state index is 12.1. The minimum atomic E-state index is 0. The van der Waals surface area contributed by atoms with E-state index in [2.05, 4.69) is 35.8 Å². The Bertz CT molecular complexity index is 555. The predicted octanol–water partition coefficient (Wildman–Crippen LogP) is 3.60. The SMILES string of the molecule is Cc1ccc(CNC(=O)CCC2CCNCC2)c(OCC2CC2)c1.Cl. The Morgan fingerprint density at radius 1 is 1.20 bits per heavy atom. The van der Waals surface area contributed by atoms with Gasteiger partial charge in [0.1, 0.15) is 5.75 Å². The lowest BCUT2D eigenvalue weighted by atomic mass is 9.93. The van der Waals surface area contributed by atoms with Gasteiger partial charge in [0.25, 0.3) is 0 Å².